The number of hydrogen-bond acceptors (Lipinski definition) is 2. The van der Waals surface area contributed by atoms with Crippen molar-refractivity contribution in [1.82, 2.24) is 0 Å². The molecule has 22 heavy (non-hydrogen) atoms. The molecule has 0 fully saturated rings. The first-order valence-electron chi connectivity index (χ1n) is 6.65. The smallest absolute Gasteiger partial charge is 0.248 e. The first-order valence-corrected chi connectivity index (χ1v) is 6.65. The van der Waals surface area contributed by atoms with Gasteiger partial charge in [0.1, 0.15) is 5.82 Å². The fraction of sp³-hybridized carbons (Fsp3) is 0.0588. The average Bonchev–Trinajstić information content (AvgIpc) is 2.45. The van der Waals surface area contributed by atoms with Crippen LogP contribution in [0.3, 0.4) is 0 Å². The number of amides is 2. The van der Waals surface area contributed by atoms with Crippen molar-refractivity contribution in [2.45, 2.75) is 6.92 Å². The maximum atomic E-state index is 13.0. The molecule has 0 unspecified atom stereocenters. The van der Waals surface area contributed by atoms with E-state index in [0.29, 0.717) is 16.9 Å². The summed E-state index contributed by atoms with van der Waals surface area (Å²) in [5, 5.41) is 5.30. The van der Waals surface area contributed by atoms with E-state index in [-0.39, 0.29) is 17.6 Å². The van der Waals surface area contributed by atoms with E-state index >= 15 is 0 Å². The number of benzene rings is 2. The number of anilines is 2. The monoisotopic (exact) mass is 298 g/mol. The van der Waals surface area contributed by atoms with Crippen molar-refractivity contribution >= 4 is 29.3 Å². The van der Waals surface area contributed by atoms with E-state index in [1.54, 1.807) is 36.4 Å². The number of nitrogens with one attached hydrogen (secondary N) is 2. The van der Waals surface area contributed by atoms with Crippen LogP contribution in [0.2, 0.25) is 0 Å². The van der Waals surface area contributed by atoms with Crippen LogP contribution in [-0.2, 0) is 9.59 Å². The highest BCUT2D eigenvalue weighted by atomic mass is 19.1. The van der Waals surface area contributed by atoms with Gasteiger partial charge in [-0.3, -0.25) is 9.59 Å². The first kappa shape index (κ1) is 15.4. The van der Waals surface area contributed by atoms with Gasteiger partial charge in [0.05, 0.1) is 0 Å². The van der Waals surface area contributed by atoms with Gasteiger partial charge in [0.15, 0.2) is 0 Å². The molecule has 0 aliphatic carbocycles. The lowest BCUT2D eigenvalue weighted by Crippen LogP contribution is -2.09. The second-order valence-corrected chi connectivity index (χ2v) is 4.64. The summed E-state index contributed by atoms with van der Waals surface area (Å²) in [5.74, 6) is -0.885. The minimum atomic E-state index is -0.356. The SMILES string of the molecule is CC(=O)Nc1cccc(NC(=O)/C=C/c2cccc(F)c2)c1. The van der Waals surface area contributed by atoms with Gasteiger partial charge in [-0.25, -0.2) is 4.39 Å². The predicted molar refractivity (Wildman–Crippen MR) is 84.8 cm³/mol. The molecule has 5 heteroatoms. The second-order valence-electron chi connectivity index (χ2n) is 4.64. The number of carbonyl (C=O) groups excluding carboxylic acids is 2. The molecule has 0 radical (unpaired) electrons. The zero-order chi connectivity index (χ0) is 15.9. The van der Waals surface area contributed by atoms with Crippen LogP contribution in [0, 0.1) is 5.82 Å². The van der Waals surface area contributed by atoms with E-state index in [4.69, 9.17) is 0 Å². The molecule has 0 atom stereocenters. The molecule has 0 aliphatic rings. The van der Waals surface area contributed by atoms with Crippen LogP contribution >= 0.6 is 0 Å². The average molecular weight is 298 g/mol. The van der Waals surface area contributed by atoms with E-state index in [1.165, 1.54) is 31.2 Å². The second kappa shape index (κ2) is 7.17. The summed E-state index contributed by atoms with van der Waals surface area (Å²) in [7, 11) is 0. The van der Waals surface area contributed by atoms with Crippen LogP contribution < -0.4 is 10.6 Å². The van der Waals surface area contributed by atoms with E-state index in [1.807, 2.05) is 0 Å². The Labute approximate surface area is 127 Å². The van der Waals surface area contributed by atoms with Gasteiger partial charge in [0.2, 0.25) is 11.8 Å². The Morgan fingerprint density at radius 1 is 1.00 bits per heavy atom. The Hall–Kier alpha value is -2.95. The zero-order valence-electron chi connectivity index (χ0n) is 12.0. The number of hydrogen-bond donors (Lipinski definition) is 2. The molecule has 2 rings (SSSR count). The maximum Gasteiger partial charge on any atom is 0.248 e. The van der Waals surface area contributed by atoms with Crippen molar-refractivity contribution in [2.24, 2.45) is 0 Å². The lowest BCUT2D eigenvalue weighted by molar-refractivity contribution is -0.114. The molecular formula is C17H15FN2O2. The van der Waals surface area contributed by atoms with Crippen LogP contribution in [0.15, 0.2) is 54.6 Å². The standard InChI is InChI=1S/C17H15FN2O2/c1-12(21)19-15-6-3-7-16(11-15)20-17(22)9-8-13-4-2-5-14(18)10-13/h2-11H,1H3,(H,19,21)(H,20,22)/b9-8+. The molecule has 0 aromatic heterocycles. The summed E-state index contributed by atoms with van der Waals surface area (Å²) in [4.78, 5) is 22.8. The van der Waals surface area contributed by atoms with Gasteiger partial charge in [0.25, 0.3) is 0 Å². The van der Waals surface area contributed by atoms with Crippen molar-refractivity contribution in [2.75, 3.05) is 10.6 Å². The van der Waals surface area contributed by atoms with Crippen molar-refractivity contribution in [3.05, 3.63) is 66.0 Å². The van der Waals surface area contributed by atoms with Crippen molar-refractivity contribution in [3.8, 4) is 0 Å². The summed E-state index contributed by atoms with van der Waals surface area (Å²) in [6.45, 7) is 1.41. The fourth-order valence-corrected chi connectivity index (χ4v) is 1.84. The van der Waals surface area contributed by atoms with E-state index in [0.717, 1.165) is 0 Å². The highest BCUT2D eigenvalue weighted by molar-refractivity contribution is 6.02. The summed E-state index contributed by atoms with van der Waals surface area (Å²) in [6.07, 6.45) is 2.84. The Morgan fingerprint density at radius 3 is 2.36 bits per heavy atom. The molecule has 4 nitrogen and oxygen atoms in total. The summed E-state index contributed by atoms with van der Waals surface area (Å²) in [5.41, 5.74) is 1.75. The Kier molecular flexibility index (Phi) is 5.03. The van der Waals surface area contributed by atoms with Gasteiger partial charge >= 0.3 is 0 Å². The lowest BCUT2D eigenvalue weighted by Gasteiger charge is -2.06. The predicted octanol–water partition coefficient (Wildman–Crippen LogP) is 3.44. The summed E-state index contributed by atoms with van der Waals surface area (Å²) >= 11 is 0. The van der Waals surface area contributed by atoms with Crippen LogP contribution in [0.25, 0.3) is 6.08 Å². The third-order valence-corrected chi connectivity index (χ3v) is 2.73. The molecule has 0 saturated heterocycles. The molecule has 2 amide bonds. The third-order valence-electron chi connectivity index (χ3n) is 2.73. The van der Waals surface area contributed by atoms with Gasteiger partial charge in [0, 0.05) is 24.4 Å². The highest BCUT2D eigenvalue weighted by Gasteiger charge is 2.01. The molecule has 0 spiro atoms. The quantitative estimate of drug-likeness (QED) is 0.850. The Morgan fingerprint density at radius 2 is 1.68 bits per heavy atom. The van der Waals surface area contributed by atoms with Gasteiger partial charge < -0.3 is 10.6 Å². The minimum absolute atomic E-state index is 0.186. The molecule has 0 saturated carbocycles. The van der Waals surface area contributed by atoms with Crippen molar-refractivity contribution in [3.63, 3.8) is 0 Å². The van der Waals surface area contributed by atoms with Crippen LogP contribution in [-0.4, -0.2) is 11.8 Å². The summed E-state index contributed by atoms with van der Waals surface area (Å²) in [6, 6.07) is 12.7. The van der Waals surface area contributed by atoms with E-state index in [2.05, 4.69) is 10.6 Å². The van der Waals surface area contributed by atoms with E-state index < -0.39 is 0 Å². The molecule has 2 N–H and O–H groups in total. The van der Waals surface area contributed by atoms with Crippen LogP contribution in [0.5, 0.6) is 0 Å². The largest absolute Gasteiger partial charge is 0.326 e. The number of rotatable bonds is 4. The van der Waals surface area contributed by atoms with Crippen molar-refractivity contribution in [1.29, 1.82) is 0 Å². The highest BCUT2D eigenvalue weighted by Crippen LogP contribution is 2.15. The number of carbonyl (C=O) groups is 2. The molecule has 0 aliphatic heterocycles. The third kappa shape index (κ3) is 4.86. The lowest BCUT2D eigenvalue weighted by atomic mass is 10.2. The van der Waals surface area contributed by atoms with Crippen LogP contribution in [0.4, 0.5) is 15.8 Å². The Balaban J connectivity index is 2.01. The first-order chi connectivity index (χ1) is 10.5. The fourth-order valence-electron chi connectivity index (χ4n) is 1.84. The molecule has 2 aromatic carbocycles. The normalized spacial score (nSPS) is 10.5. The molecule has 0 bridgehead atoms. The van der Waals surface area contributed by atoms with Crippen molar-refractivity contribution < 1.29 is 14.0 Å². The zero-order valence-corrected chi connectivity index (χ0v) is 12.0. The summed E-state index contributed by atoms with van der Waals surface area (Å²) < 4.78 is 13.0. The minimum Gasteiger partial charge on any atom is -0.326 e. The van der Waals surface area contributed by atoms with Gasteiger partial charge in [-0.2, -0.15) is 0 Å². The van der Waals surface area contributed by atoms with Gasteiger partial charge in [-0.1, -0.05) is 18.2 Å². The topological polar surface area (TPSA) is 58.2 Å². The van der Waals surface area contributed by atoms with Gasteiger partial charge in [-0.05, 0) is 42.0 Å². The molecule has 2 aromatic rings. The molecular weight excluding hydrogens is 283 g/mol. The molecule has 112 valence electrons. The van der Waals surface area contributed by atoms with Crippen LogP contribution in [0.1, 0.15) is 12.5 Å². The number of halogens is 1. The van der Waals surface area contributed by atoms with E-state index in [9.17, 15) is 14.0 Å². The Bertz CT molecular complexity index is 726. The van der Waals surface area contributed by atoms with Gasteiger partial charge in [-0.15, -0.1) is 0 Å². The maximum absolute atomic E-state index is 13.0. The molecule has 0 heterocycles.